The molecule has 0 aliphatic rings. The van der Waals surface area contributed by atoms with Crippen molar-refractivity contribution in [1.29, 1.82) is 0 Å². The largest absolute Gasteiger partial charge is 0.456 e. The van der Waals surface area contributed by atoms with E-state index < -0.39 is 0 Å². The van der Waals surface area contributed by atoms with Crippen molar-refractivity contribution in [3.05, 3.63) is 158 Å². The number of rotatable bonds is 2. The molecule has 3 heteroatoms. The van der Waals surface area contributed by atoms with E-state index in [0.717, 1.165) is 21.9 Å². The smallest absolute Gasteiger partial charge is 0.136 e. The minimum absolute atomic E-state index is 0.924. The number of fused-ring (bicyclic) bond motifs is 13. The van der Waals surface area contributed by atoms with Gasteiger partial charge in [-0.05, 0) is 91.6 Å². The predicted molar refractivity (Wildman–Crippen MR) is 223 cm³/mol. The molecule has 3 heterocycles. The van der Waals surface area contributed by atoms with E-state index in [1.165, 1.54) is 94.9 Å². The van der Waals surface area contributed by atoms with Crippen LogP contribution >= 0.6 is 22.7 Å². The van der Waals surface area contributed by atoms with Gasteiger partial charge >= 0.3 is 0 Å². The molecule has 0 spiro atoms. The van der Waals surface area contributed by atoms with E-state index in [9.17, 15) is 0 Å². The Bertz CT molecular complexity index is 3370. The highest BCUT2D eigenvalue weighted by Crippen LogP contribution is 2.50. The highest BCUT2D eigenvalue weighted by molar-refractivity contribution is 7.27. The molecule has 0 radical (unpaired) electrons. The number of furan rings is 1. The second kappa shape index (κ2) is 10.3. The first kappa shape index (κ1) is 27.8. The van der Waals surface area contributed by atoms with Gasteiger partial charge in [-0.2, -0.15) is 0 Å². The SMILES string of the molecule is c1ccc2c(c1)oc1cc3c(cc12)c(-c1c2ccccc2c(-c2ccc4c(c2)sc2ccccc24)c2ccccc12)cc1c2ccccc2sc31. The highest BCUT2D eigenvalue weighted by Gasteiger charge is 2.22. The average Bonchev–Trinajstić information content (AvgIpc) is 3.86. The summed E-state index contributed by atoms with van der Waals surface area (Å²) in [6, 6.07) is 58.3. The molecule has 3 aromatic heterocycles. The Labute approximate surface area is 300 Å². The quantitative estimate of drug-likeness (QED) is 0.165. The maximum absolute atomic E-state index is 6.49. The molecule has 0 N–H and O–H groups in total. The van der Waals surface area contributed by atoms with Crippen molar-refractivity contribution < 1.29 is 4.42 Å². The van der Waals surface area contributed by atoms with Gasteiger partial charge in [0.25, 0.3) is 0 Å². The van der Waals surface area contributed by atoms with Crippen LogP contribution in [0.3, 0.4) is 0 Å². The third-order valence-electron chi connectivity index (χ3n) is 10.8. The van der Waals surface area contributed by atoms with Crippen LogP contribution in [0, 0.1) is 0 Å². The van der Waals surface area contributed by atoms with Crippen molar-refractivity contribution >= 4 is 117 Å². The molecule has 12 rings (SSSR count). The lowest BCUT2D eigenvalue weighted by molar-refractivity contribution is 0.669. The maximum atomic E-state index is 6.49. The van der Waals surface area contributed by atoms with Crippen LogP contribution in [-0.4, -0.2) is 0 Å². The fourth-order valence-corrected chi connectivity index (χ4v) is 11.0. The summed E-state index contributed by atoms with van der Waals surface area (Å²) in [6.45, 7) is 0. The molecule has 0 saturated heterocycles. The summed E-state index contributed by atoms with van der Waals surface area (Å²) in [5.41, 5.74) is 6.94. The Hall–Kier alpha value is -6.00. The van der Waals surface area contributed by atoms with Crippen LogP contribution in [0.15, 0.2) is 162 Å². The van der Waals surface area contributed by atoms with E-state index in [-0.39, 0.29) is 0 Å². The fraction of sp³-hybridized carbons (Fsp3) is 0. The minimum Gasteiger partial charge on any atom is -0.456 e. The summed E-state index contributed by atoms with van der Waals surface area (Å²) >= 11 is 3.76. The van der Waals surface area contributed by atoms with Crippen LogP contribution in [-0.2, 0) is 0 Å². The van der Waals surface area contributed by atoms with Crippen LogP contribution in [0.1, 0.15) is 0 Å². The Balaban J connectivity index is 1.24. The molecular weight excluding hydrogens is 657 g/mol. The van der Waals surface area contributed by atoms with Gasteiger partial charge in [-0.25, -0.2) is 0 Å². The van der Waals surface area contributed by atoms with E-state index in [1.54, 1.807) is 0 Å². The summed E-state index contributed by atoms with van der Waals surface area (Å²) in [6.07, 6.45) is 0. The molecule has 0 atom stereocenters. The van der Waals surface area contributed by atoms with Crippen molar-refractivity contribution in [3.63, 3.8) is 0 Å². The number of hydrogen-bond donors (Lipinski definition) is 0. The Morgan fingerprint density at radius 1 is 0.314 bits per heavy atom. The molecule has 0 saturated carbocycles. The van der Waals surface area contributed by atoms with Gasteiger partial charge in [-0.15, -0.1) is 22.7 Å². The molecular formula is C48H26OS2. The van der Waals surface area contributed by atoms with Crippen LogP contribution < -0.4 is 0 Å². The van der Waals surface area contributed by atoms with E-state index in [1.807, 2.05) is 22.7 Å². The highest BCUT2D eigenvalue weighted by atomic mass is 32.1. The Morgan fingerprint density at radius 3 is 1.59 bits per heavy atom. The van der Waals surface area contributed by atoms with E-state index in [2.05, 4.69) is 158 Å². The van der Waals surface area contributed by atoms with Crippen LogP contribution in [0.4, 0.5) is 0 Å². The molecule has 0 fully saturated rings. The Morgan fingerprint density at radius 2 is 0.863 bits per heavy atom. The van der Waals surface area contributed by atoms with Gasteiger partial charge in [0, 0.05) is 56.5 Å². The van der Waals surface area contributed by atoms with Gasteiger partial charge in [-0.3, -0.25) is 0 Å². The monoisotopic (exact) mass is 682 g/mol. The Kier molecular flexibility index (Phi) is 5.59. The first-order chi connectivity index (χ1) is 25.3. The van der Waals surface area contributed by atoms with E-state index in [0.29, 0.717) is 0 Å². The van der Waals surface area contributed by atoms with Crippen LogP contribution in [0.25, 0.3) is 117 Å². The van der Waals surface area contributed by atoms with Crippen molar-refractivity contribution in [2.24, 2.45) is 0 Å². The second-order valence-electron chi connectivity index (χ2n) is 13.5. The summed E-state index contributed by atoms with van der Waals surface area (Å²) in [4.78, 5) is 0. The number of para-hydroxylation sites is 1. The third-order valence-corrected chi connectivity index (χ3v) is 13.2. The molecule has 12 aromatic rings. The van der Waals surface area contributed by atoms with Gasteiger partial charge in [-0.1, -0.05) is 115 Å². The number of benzene rings is 9. The predicted octanol–water partition coefficient (Wildman–Crippen LogP) is 15.1. The van der Waals surface area contributed by atoms with Gasteiger partial charge in [0.15, 0.2) is 0 Å². The molecule has 0 unspecified atom stereocenters. The summed E-state index contributed by atoms with van der Waals surface area (Å²) < 4.78 is 11.8. The zero-order valence-corrected chi connectivity index (χ0v) is 28.9. The topological polar surface area (TPSA) is 13.1 Å². The van der Waals surface area contributed by atoms with Crippen LogP contribution in [0.2, 0.25) is 0 Å². The number of hydrogen-bond acceptors (Lipinski definition) is 3. The molecule has 9 aromatic carbocycles. The van der Waals surface area contributed by atoms with Crippen molar-refractivity contribution in [2.45, 2.75) is 0 Å². The van der Waals surface area contributed by atoms with Crippen molar-refractivity contribution in [3.8, 4) is 22.3 Å². The first-order valence-electron chi connectivity index (χ1n) is 17.3. The normalized spacial score (nSPS) is 12.3. The maximum Gasteiger partial charge on any atom is 0.136 e. The minimum atomic E-state index is 0.924. The van der Waals surface area contributed by atoms with E-state index >= 15 is 0 Å². The van der Waals surface area contributed by atoms with Gasteiger partial charge < -0.3 is 4.42 Å². The molecule has 0 aliphatic carbocycles. The summed E-state index contributed by atoms with van der Waals surface area (Å²) in [5.74, 6) is 0. The second-order valence-corrected chi connectivity index (χ2v) is 15.7. The molecule has 51 heavy (non-hydrogen) atoms. The zero-order valence-electron chi connectivity index (χ0n) is 27.2. The van der Waals surface area contributed by atoms with Crippen molar-refractivity contribution in [1.82, 2.24) is 0 Å². The lowest BCUT2D eigenvalue weighted by Crippen LogP contribution is -1.92. The number of thiophene rings is 2. The molecule has 0 aliphatic heterocycles. The zero-order chi connectivity index (χ0) is 33.2. The molecule has 0 amide bonds. The van der Waals surface area contributed by atoms with E-state index in [4.69, 9.17) is 4.42 Å². The van der Waals surface area contributed by atoms with Gasteiger partial charge in [0.2, 0.25) is 0 Å². The lowest BCUT2D eigenvalue weighted by Gasteiger charge is -2.19. The van der Waals surface area contributed by atoms with Gasteiger partial charge in [0.1, 0.15) is 11.2 Å². The van der Waals surface area contributed by atoms with Crippen molar-refractivity contribution in [2.75, 3.05) is 0 Å². The standard InChI is InChI=1S/C48H26OS2/c1-3-16-34-32(14-1)46(27-21-22-31-29-12-6-9-19-43(29)50-45(31)23-27)33-15-2-4-17-35(33)47(34)38-25-39-30-13-7-10-20-44(30)51-48(39)40-26-42-37(24-36(38)40)28-11-5-8-18-41(28)49-42/h1-26H. The summed E-state index contributed by atoms with van der Waals surface area (Å²) in [7, 11) is 0. The first-order valence-corrected chi connectivity index (χ1v) is 19.0. The fourth-order valence-electron chi connectivity index (χ4n) is 8.63. The molecule has 1 nitrogen and oxygen atoms in total. The third kappa shape index (κ3) is 3.85. The molecule has 0 bridgehead atoms. The average molecular weight is 683 g/mol. The van der Waals surface area contributed by atoms with Crippen LogP contribution in [0.5, 0.6) is 0 Å². The molecule has 236 valence electrons. The van der Waals surface area contributed by atoms with Gasteiger partial charge in [0.05, 0.1) is 0 Å². The lowest BCUT2D eigenvalue weighted by atomic mass is 9.84. The summed E-state index contributed by atoms with van der Waals surface area (Å²) in [5, 5.41) is 15.1.